The number of ether oxygens (including phenoxy) is 1. The Morgan fingerprint density at radius 2 is 1.64 bits per heavy atom. The zero-order valence-electron chi connectivity index (χ0n) is 21.9. The first-order chi connectivity index (χ1) is 19.9. The maximum absolute atomic E-state index is 15.7. The SMILES string of the molecule is CCOC(=O)c1c(O)c2ncc(Cc3ccc(F)cc3)c(Cl)c2n(CC(F)(F)CN2C(=O)c3ccccc3C2=O)c1=O. The Kier molecular flexibility index (Phi) is 7.50. The number of nitrogens with zero attached hydrogens (tertiary/aromatic N) is 3. The van der Waals surface area contributed by atoms with E-state index in [0.717, 1.165) is 0 Å². The van der Waals surface area contributed by atoms with Crippen LogP contribution in [0.1, 0.15) is 49.1 Å². The van der Waals surface area contributed by atoms with Crippen molar-refractivity contribution in [2.24, 2.45) is 0 Å². The number of esters is 1. The second kappa shape index (κ2) is 10.9. The summed E-state index contributed by atoms with van der Waals surface area (Å²) in [5.74, 6) is -8.43. The highest BCUT2D eigenvalue weighted by atomic mass is 35.5. The molecular weight excluding hydrogens is 579 g/mol. The third-order valence-corrected chi connectivity index (χ3v) is 7.12. The molecule has 5 rings (SSSR count). The fourth-order valence-electron chi connectivity index (χ4n) is 4.77. The quantitative estimate of drug-likeness (QED) is 0.232. The smallest absolute Gasteiger partial charge is 0.347 e. The first kappa shape index (κ1) is 28.8. The molecule has 2 amide bonds. The molecule has 0 spiro atoms. The summed E-state index contributed by atoms with van der Waals surface area (Å²) < 4.78 is 50.0. The third kappa shape index (κ3) is 5.09. The Labute approximate surface area is 240 Å². The van der Waals surface area contributed by atoms with E-state index in [1.54, 1.807) is 0 Å². The first-order valence-corrected chi connectivity index (χ1v) is 13.0. The molecule has 0 aliphatic carbocycles. The Bertz CT molecular complexity index is 1790. The number of halogens is 4. The number of amides is 2. The first-order valence-electron chi connectivity index (χ1n) is 12.6. The van der Waals surface area contributed by atoms with Crippen molar-refractivity contribution < 1.29 is 37.4 Å². The average molecular weight is 600 g/mol. The van der Waals surface area contributed by atoms with Crippen LogP contribution in [0.4, 0.5) is 13.2 Å². The van der Waals surface area contributed by atoms with Crippen LogP contribution < -0.4 is 5.56 Å². The van der Waals surface area contributed by atoms with Gasteiger partial charge in [0.15, 0.2) is 11.3 Å². The minimum atomic E-state index is -3.91. The summed E-state index contributed by atoms with van der Waals surface area (Å²) in [7, 11) is 0. The molecule has 9 nitrogen and oxygen atoms in total. The van der Waals surface area contributed by atoms with Crippen LogP contribution in [0.5, 0.6) is 5.75 Å². The lowest BCUT2D eigenvalue weighted by Gasteiger charge is -2.24. The number of aromatic hydroxyl groups is 1. The molecule has 0 radical (unpaired) electrons. The molecule has 1 aliphatic rings. The van der Waals surface area contributed by atoms with Gasteiger partial charge in [-0.25, -0.2) is 18.0 Å². The van der Waals surface area contributed by atoms with Crippen molar-refractivity contribution in [2.45, 2.75) is 25.8 Å². The molecule has 13 heteroatoms. The monoisotopic (exact) mass is 599 g/mol. The number of aromatic nitrogens is 2. The molecular formula is C29H21ClF3N3O6. The summed E-state index contributed by atoms with van der Waals surface area (Å²) in [6.07, 6.45) is 1.29. The van der Waals surface area contributed by atoms with E-state index in [9.17, 15) is 28.7 Å². The van der Waals surface area contributed by atoms with Crippen molar-refractivity contribution in [3.8, 4) is 5.75 Å². The van der Waals surface area contributed by atoms with Gasteiger partial charge >= 0.3 is 5.97 Å². The van der Waals surface area contributed by atoms with Crippen LogP contribution in [0.2, 0.25) is 5.02 Å². The zero-order valence-corrected chi connectivity index (χ0v) is 22.6. The standard InChI is InChI=1S/C29H21ClF3N3O6/c1-2-42-28(41)20-24(37)22-23(21(30)16(12-34-22)11-15-7-9-17(31)10-8-15)35(27(20)40)13-29(32,33)14-36-25(38)18-5-3-4-6-19(18)26(36)39/h3-10,12,37H,2,11,13-14H2,1H3. The van der Waals surface area contributed by atoms with Crippen LogP contribution in [-0.2, 0) is 17.7 Å². The summed E-state index contributed by atoms with van der Waals surface area (Å²) in [5.41, 5.74) is -2.36. The molecule has 1 aliphatic heterocycles. The highest BCUT2D eigenvalue weighted by Gasteiger charge is 2.43. The third-order valence-electron chi connectivity index (χ3n) is 6.70. The molecule has 42 heavy (non-hydrogen) atoms. The highest BCUT2D eigenvalue weighted by Crippen LogP contribution is 2.35. The molecule has 0 bridgehead atoms. The predicted molar refractivity (Wildman–Crippen MR) is 145 cm³/mol. The number of carbonyl (C=O) groups is 3. The van der Waals surface area contributed by atoms with Gasteiger partial charge in [0.25, 0.3) is 23.3 Å². The van der Waals surface area contributed by atoms with Crippen molar-refractivity contribution in [1.82, 2.24) is 14.5 Å². The summed E-state index contributed by atoms with van der Waals surface area (Å²) in [6.45, 7) is -1.56. The number of alkyl halides is 2. The maximum Gasteiger partial charge on any atom is 0.347 e. The summed E-state index contributed by atoms with van der Waals surface area (Å²) >= 11 is 6.61. The molecule has 2 aromatic carbocycles. The van der Waals surface area contributed by atoms with Crippen LogP contribution in [0, 0.1) is 5.82 Å². The molecule has 4 aromatic rings. The van der Waals surface area contributed by atoms with Crippen molar-refractivity contribution in [3.05, 3.63) is 104 Å². The molecule has 3 heterocycles. The van der Waals surface area contributed by atoms with E-state index in [1.165, 1.54) is 61.7 Å². The van der Waals surface area contributed by atoms with Crippen LogP contribution in [0.25, 0.3) is 11.0 Å². The van der Waals surface area contributed by atoms with Crippen LogP contribution in [0.15, 0.2) is 59.5 Å². The number of pyridine rings is 2. The lowest BCUT2D eigenvalue weighted by Crippen LogP contribution is -2.44. The van der Waals surface area contributed by atoms with Gasteiger partial charge in [-0.1, -0.05) is 35.9 Å². The molecule has 0 saturated heterocycles. The van der Waals surface area contributed by atoms with Gasteiger partial charge in [-0.15, -0.1) is 0 Å². The molecule has 2 aromatic heterocycles. The largest absolute Gasteiger partial charge is 0.505 e. The van der Waals surface area contributed by atoms with E-state index in [2.05, 4.69) is 4.98 Å². The van der Waals surface area contributed by atoms with Crippen LogP contribution in [-0.4, -0.2) is 56.4 Å². The second-order valence-corrected chi connectivity index (χ2v) is 9.91. The van der Waals surface area contributed by atoms with Crippen molar-refractivity contribution in [2.75, 3.05) is 13.2 Å². The number of hydrogen-bond acceptors (Lipinski definition) is 7. The lowest BCUT2D eigenvalue weighted by atomic mass is 10.0. The van der Waals surface area contributed by atoms with Gasteiger partial charge in [-0.05, 0) is 42.3 Å². The molecule has 0 saturated carbocycles. The molecule has 0 atom stereocenters. The van der Waals surface area contributed by atoms with Gasteiger partial charge in [-0.2, -0.15) is 0 Å². The second-order valence-electron chi connectivity index (χ2n) is 9.53. The fraction of sp³-hybridized carbons (Fsp3) is 0.207. The van der Waals surface area contributed by atoms with Gasteiger partial charge in [0.2, 0.25) is 0 Å². The molecule has 216 valence electrons. The molecule has 0 unspecified atom stereocenters. The average Bonchev–Trinajstić information content (AvgIpc) is 3.18. The van der Waals surface area contributed by atoms with Gasteiger partial charge < -0.3 is 9.84 Å². The number of hydrogen-bond donors (Lipinski definition) is 1. The predicted octanol–water partition coefficient (Wildman–Crippen LogP) is 4.59. The molecule has 0 fully saturated rings. The van der Waals surface area contributed by atoms with Crippen molar-refractivity contribution in [1.29, 1.82) is 0 Å². The Morgan fingerprint density at radius 3 is 2.24 bits per heavy atom. The Balaban J connectivity index is 1.61. The fourth-order valence-corrected chi connectivity index (χ4v) is 5.08. The van der Waals surface area contributed by atoms with Crippen molar-refractivity contribution >= 4 is 40.4 Å². The van der Waals surface area contributed by atoms with E-state index in [0.29, 0.717) is 15.0 Å². The van der Waals surface area contributed by atoms with Crippen molar-refractivity contribution in [3.63, 3.8) is 0 Å². The van der Waals surface area contributed by atoms with Crippen LogP contribution in [0.3, 0.4) is 0 Å². The number of rotatable bonds is 8. The topological polar surface area (TPSA) is 119 Å². The lowest BCUT2D eigenvalue weighted by molar-refractivity contribution is -0.0359. The number of carbonyl (C=O) groups excluding carboxylic acids is 3. The highest BCUT2D eigenvalue weighted by molar-refractivity contribution is 6.36. The number of fused-ring (bicyclic) bond motifs is 2. The minimum Gasteiger partial charge on any atom is -0.505 e. The van der Waals surface area contributed by atoms with E-state index >= 15 is 8.78 Å². The van der Waals surface area contributed by atoms with E-state index in [-0.39, 0.29) is 34.7 Å². The number of imide groups is 1. The maximum atomic E-state index is 15.7. The summed E-state index contributed by atoms with van der Waals surface area (Å²) in [5, 5.41) is 10.6. The minimum absolute atomic E-state index is 0.0344. The van der Waals surface area contributed by atoms with E-state index in [1.807, 2.05) is 0 Å². The summed E-state index contributed by atoms with van der Waals surface area (Å²) in [4.78, 5) is 56.0. The Hall–Kier alpha value is -4.71. The summed E-state index contributed by atoms with van der Waals surface area (Å²) in [6, 6.07) is 11.0. The van der Waals surface area contributed by atoms with E-state index < -0.39 is 70.5 Å². The number of benzene rings is 2. The van der Waals surface area contributed by atoms with Gasteiger partial charge in [0.05, 0.1) is 41.4 Å². The van der Waals surface area contributed by atoms with E-state index in [4.69, 9.17) is 16.3 Å². The molecule has 1 N–H and O–H groups in total. The van der Waals surface area contributed by atoms with Gasteiger partial charge in [0, 0.05) is 12.6 Å². The van der Waals surface area contributed by atoms with Gasteiger partial charge in [0.1, 0.15) is 11.3 Å². The zero-order chi connectivity index (χ0) is 30.3. The Morgan fingerprint density at radius 1 is 1.02 bits per heavy atom. The van der Waals surface area contributed by atoms with Crippen LogP contribution >= 0.6 is 11.6 Å². The van der Waals surface area contributed by atoms with Gasteiger partial charge in [-0.3, -0.25) is 28.8 Å². The normalized spacial score (nSPS) is 13.1.